The maximum Gasteiger partial charge on any atom is 0.248 e. The van der Waals surface area contributed by atoms with E-state index in [1.165, 1.54) is 19.3 Å². The first-order valence-electron chi connectivity index (χ1n) is 6.04. The Bertz CT molecular complexity index is 630. The van der Waals surface area contributed by atoms with E-state index in [1.807, 2.05) is 0 Å². The number of hydrogen-bond donors (Lipinski definition) is 2. The summed E-state index contributed by atoms with van der Waals surface area (Å²) >= 11 is 0. The monoisotopic (exact) mass is 270 g/mol. The summed E-state index contributed by atoms with van der Waals surface area (Å²) < 4.78 is 5.08. The van der Waals surface area contributed by atoms with Gasteiger partial charge in [-0.1, -0.05) is 6.07 Å². The highest BCUT2D eigenvalue weighted by Crippen LogP contribution is 2.15. The first-order valence-corrected chi connectivity index (χ1v) is 6.04. The first kappa shape index (κ1) is 13.6. The van der Waals surface area contributed by atoms with Gasteiger partial charge in [-0.2, -0.15) is 0 Å². The van der Waals surface area contributed by atoms with Crippen LogP contribution >= 0.6 is 0 Å². The molecule has 0 aliphatic heterocycles. The number of furan rings is 1. The number of carbonyl (C=O) groups excluding carboxylic acids is 2. The van der Waals surface area contributed by atoms with Gasteiger partial charge in [0.1, 0.15) is 5.76 Å². The zero-order valence-electron chi connectivity index (χ0n) is 10.9. The molecule has 5 heteroatoms. The van der Waals surface area contributed by atoms with Crippen molar-refractivity contribution in [2.45, 2.75) is 6.92 Å². The van der Waals surface area contributed by atoms with Crippen LogP contribution in [-0.4, -0.2) is 11.8 Å². The van der Waals surface area contributed by atoms with Crippen molar-refractivity contribution in [3.8, 4) is 0 Å². The Kier molecular flexibility index (Phi) is 4.34. The van der Waals surface area contributed by atoms with E-state index < -0.39 is 0 Å². The number of amides is 2. The summed E-state index contributed by atoms with van der Waals surface area (Å²) in [5, 5.41) is 5.35. The van der Waals surface area contributed by atoms with E-state index in [0.717, 1.165) is 0 Å². The minimum atomic E-state index is -0.277. The van der Waals surface area contributed by atoms with Gasteiger partial charge in [-0.3, -0.25) is 9.59 Å². The molecule has 0 aliphatic rings. The van der Waals surface area contributed by atoms with Crippen LogP contribution in [0.4, 0.5) is 11.4 Å². The zero-order chi connectivity index (χ0) is 14.4. The van der Waals surface area contributed by atoms with E-state index in [2.05, 4.69) is 10.6 Å². The minimum absolute atomic E-state index is 0.161. The molecule has 2 N–H and O–H groups in total. The molecule has 0 bridgehead atoms. The quantitative estimate of drug-likeness (QED) is 0.839. The lowest BCUT2D eigenvalue weighted by molar-refractivity contribution is -0.114. The number of nitrogens with one attached hydrogen (secondary N) is 2. The number of rotatable bonds is 4. The summed E-state index contributed by atoms with van der Waals surface area (Å²) in [6, 6.07) is 10.4. The second kappa shape index (κ2) is 6.38. The third kappa shape index (κ3) is 4.13. The van der Waals surface area contributed by atoms with Crippen molar-refractivity contribution < 1.29 is 14.0 Å². The van der Waals surface area contributed by atoms with Crippen LogP contribution in [0, 0.1) is 0 Å². The van der Waals surface area contributed by atoms with Crippen molar-refractivity contribution in [3.63, 3.8) is 0 Å². The van der Waals surface area contributed by atoms with Gasteiger partial charge in [-0.15, -0.1) is 0 Å². The molecule has 1 aromatic heterocycles. The van der Waals surface area contributed by atoms with E-state index in [1.54, 1.807) is 42.5 Å². The van der Waals surface area contributed by atoms with Crippen molar-refractivity contribution in [1.29, 1.82) is 0 Å². The number of benzene rings is 1. The topological polar surface area (TPSA) is 71.3 Å². The molecule has 2 aromatic rings. The summed E-state index contributed by atoms with van der Waals surface area (Å²) in [6.45, 7) is 1.43. The van der Waals surface area contributed by atoms with Gasteiger partial charge < -0.3 is 15.1 Å². The Labute approximate surface area is 116 Å². The van der Waals surface area contributed by atoms with Gasteiger partial charge in [0.2, 0.25) is 11.8 Å². The smallest absolute Gasteiger partial charge is 0.248 e. The van der Waals surface area contributed by atoms with Crippen LogP contribution in [0.2, 0.25) is 0 Å². The van der Waals surface area contributed by atoms with Crippen LogP contribution in [0.3, 0.4) is 0 Å². The van der Waals surface area contributed by atoms with Gasteiger partial charge in [0.05, 0.1) is 6.26 Å². The molecule has 1 heterocycles. The fraction of sp³-hybridized carbons (Fsp3) is 0.0667. The normalized spacial score (nSPS) is 10.4. The van der Waals surface area contributed by atoms with Crippen LogP contribution in [0.15, 0.2) is 53.2 Å². The van der Waals surface area contributed by atoms with Crippen molar-refractivity contribution in [1.82, 2.24) is 0 Å². The first-order chi connectivity index (χ1) is 9.63. The molecule has 20 heavy (non-hydrogen) atoms. The minimum Gasteiger partial charge on any atom is -0.465 e. The molecule has 0 atom stereocenters. The molecule has 2 amide bonds. The SMILES string of the molecule is CC(=O)Nc1cccc(NC(=O)/C=C/c2ccco2)c1. The molecular weight excluding hydrogens is 256 g/mol. The van der Waals surface area contributed by atoms with Gasteiger partial charge in [0.15, 0.2) is 0 Å². The molecule has 0 saturated heterocycles. The molecule has 0 spiro atoms. The maximum atomic E-state index is 11.7. The molecule has 102 valence electrons. The third-order valence-corrected chi connectivity index (χ3v) is 2.39. The lowest BCUT2D eigenvalue weighted by Crippen LogP contribution is -2.09. The lowest BCUT2D eigenvalue weighted by Gasteiger charge is -2.05. The van der Waals surface area contributed by atoms with E-state index in [-0.39, 0.29) is 11.8 Å². The van der Waals surface area contributed by atoms with Crippen LogP contribution in [0.5, 0.6) is 0 Å². The van der Waals surface area contributed by atoms with Crippen molar-refractivity contribution >= 4 is 29.3 Å². The van der Waals surface area contributed by atoms with Crippen molar-refractivity contribution in [2.75, 3.05) is 10.6 Å². The summed E-state index contributed by atoms with van der Waals surface area (Å²) in [6.07, 6.45) is 4.49. The van der Waals surface area contributed by atoms with E-state index >= 15 is 0 Å². The molecule has 0 unspecified atom stereocenters. The summed E-state index contributed by atoms with van der Waals surface area (Å²) in [7, 11) is 0. The molecule has 5 nitrogen and oxygen atoms in total. The van der Waals surface area contributed by atoms with Gasteiger partial charge in [-0.25, -0.2) is 0 Å². The van der Waals surface area contributed by atoms with Gasteiger partial charge in [0, 0.05) is 24.4 Å². The standard InChI is InChI=1S/C15H14N2O3/c1-11(18)16-12-4-2-5-13(10-12)17-15(19)8-7-14-6-3-9-20-14/h2-10H,1H3,(H,16,18)(H,17,19)/b8-7+. The Balaban J connectivity index is 1.99. The molecule has 2 rings (SSSR count). The molecule has 0 fully saturated rings. The van der Waals surface area contributed by atoms with Gasteiger partial charge >= 0.3 is 0 Å². The second-order valence-corrected chi connectivity index (χ2v) is 4.10. The van der Waals surface area contributed by atoms with Crippen LogP contribution in [0.1, 0.15) is 12.7 Å². The predicted octanol–water partition coefficient (Wildman–Crippen LogP) is 2.89. The molecule has 1 aromatic carbocycles. The third-order valence-electron chi connectivity index (χ3n) is 2.39. The average Bonchev–Trinajstić information content (AvgIpc) is 2.89. The molecule has 0 aliphatic carbocycles. The number of carbonyl (C=O) groups is 2. The highest BCUT2D eigenvalue weighted by Gasteiger charge is 2.01. The highest BCUT2D eigenvalue weighted by molar-refractivity contribution is 6.02. The Morgan fingerprint density at radius 3 is 2.50 bits per heavy atom. The van der Waals surface area contributed by atoms with E-state index in [0.29, 0.717) is 17.1 Å². The largest absolute Gasteiger partial charge is 0.465 e. The van der Waals surface area contributed by atoms with E-state index in [4.69, 9.17) is 4.42 Å². The van der Waals surface area contributed by atoms with Gasteiger partial charge in [-0.05, 0) is 36.4 Å². The Morgan fingerprint density at radius 1 is 1.10 bits per heavy atom. The fourth-order valence-electron chi connectivity index (χ4n) is 1.61. The van der Waals surface area contributed by atoms with Crippen molar-refractivity contribution in [2.24, 2.45) is 0 Å². The van der Waals surface area contributed by atoms with Gasteiger partial charge in [0.25, 0.3) is 0 Å². The van der Waals surface area contributed by atoms with Crippen LogP contribution < -0.4 is 10.6 Å². The van der Waals surface area contributed by atoms with E-state index in [9.17, 15) is 9.59 Å². The lowest BCUT2D eigenvalue weighted by atomic mass is 10.2. The Hall–Kier alpha value is -2.82. The summed E-state index contributed by atoms with van der Waals surface area (Å²) in [4.78, 5) is 22.7. The highest BCUT2D eigenvalue weighted by atomic mass is 16.3. The number of hydrogen-bond acceptors (Lipinski definition) is 3. The molecular formula is C15H14N2O3. The second-order valence-electron chi connectivity index (χ2n) is 4.10. The van der Waals surface area contributed by atoms with Crippen LogP contribution in [0.25, 0.3) is 6.08 Å². The Morgan fingerprint density at radius 2 is 1.85 bits per heavy atom. The summed E-state index contributed by atoms with van der Waals surface area (Å²) in [5.41, 5.74) is 1.23. The summed E-state index contributed by atoms with van der Waals surface area (Å²) in [5.74, 6) is 0.166. The molecule has 0 radical (unpaired) electrons. The number of anilines is 2. The fourth-order valence-corrected chi connectivity index (χ4v) is 1.61. The zero-order valence-corrected chi connectivity index (χ0v) is 10.9. The van der Waals surface area contributed by atoms with Crippen LogP contribution in [-0.2, 0) is 9.59 Å². The predicted molar refractivity (Wildman–Crippen MR) is 77.1 cm³/mol. The average molecular weight is 270 g/mol. The molecule has 0 saturated carbocycles. The van der Waals surface area contributed by atoms with Crippen molar-refractivity contribution in [3.05, 3.63) is 54.5 Å². The maximum absolute atomic E-state index is 11.7.